The van der Waals surface area contributed by atoms with E-state index in [0.717, 1.165) is 19.4 Å². The fourth-order valence-electron chi connectivity index (χ4n) is 1.61. The Balaban J connectivity index is 0.00000196. The van der Waals surface area contributed by atoms with Gasteiger partial charge in [-0.1, -0.05) is 0 Å². The normalized spacial score (nSPS) is 25.9. The molecular weight excluding hydrogens is 226 g/mol. The predicted octanol–water partition coefficient (Wildman–Crippen LogP) is 1.32. The third kappa shape index (κ3) is 4.30. The van der Waals surface area contributed by atoms with Crippen LogP contribution in [0.1, 0.15) is 26.2 Å². The zero-order chi connectivity index (χ0) is 10.6. The Morgan fingerprint density at radius 1 is 1.53 bits per heavy atom. The van der Waals surface area contributed by atoms with E-state index >= 15 is 0 Å². The molecule has 0 saturated carbocycles. The highest BCUT2D eigenvalue weighted by atomic mass is 35.5. The number of amides is 1. The van der Waals surface area contributed by atoms with Crippen molar-refractivity contribution in [2.75, 3.05) is 13.1 Å². The fraction of sp³-hybridized carbons (Fsp3) is 0.889. The second kappa shape index (κ2) is 6.23. The molecule has 3 nitrogen and oxygen atoms in total. The minimum Gasteiger partial charge on any atom is -0.349 e. The van der Waals surface area contributed by atoms with Crippen molar-refractivity contribution in [2.45, 2.75) is 38.2 Å². The maximum Gasteiger partial charge on any atom is 0.255 e. The molecule has 1 aliphatic rings. The van der Waals surface area contributed by atoms with E-state index in [1.807, 2.05) is 0 Å². The molecule has 0 radical (unpaired) electrons. The van der Waals surface area contributed by atoms with Gasteiger partial charge in [-0.05, 0) is 32.7 Å². The number of alkyl halides is 2. The van der Waals surface area contributed by atoms with Crippen molar-refractivity contribution in [1.82, 2.24) is 10.6 Å². The first kappa shape index (κ1) is 14.6. The molecule has 90 valence electrons. The second-order valence-corrected chi connectivity index (χ2v) is 3.82. The second-order valence-electron chi connectivity index (χ2n) is 3.82. The molecule has 0 spiro atoms. The number of halogens is 3. The van der Waals surface area contributed by atoms with E-state index in [1.54, 1.807) is 6.92 Å². The lowest BCUT2D eigenvalue weighted by atomic mass is 9.90. The molecule has 1 rings (SSSR count). The van der Waals surface area contributed by atoms with Crippen LogP contribution in [-0.2, 0) is 4.79 Å². The maximum atomic E-state index is 11.9. The van der Waals surface area contributed by atoms with Gasteiger partial charge in [0, 0.05) is 0 Å². The summed E-state index contributed by atoms with van der Waals surface area (Å²) >= 11 is 0. The van der Waals surface area contributed by atoms with Gasteiger partial charge in [0.1, 0.15) is 0 Å². The average molecular weight is 243 g/mol. The molecular formula is C9H17ClF2N2O. The van der Waals surface area contributed by atoms with Gasteiger partial charge in [-0.2, -0.15) is 0 Å². The molecule has 1 atom stereocenters. The molecule has 2 N–H and O–H groups in total. The van der Waals surface area contributed by atoms with E-state index in [1.165, 1.54) is 0 Å². The Bertz CT molecular complexity index is 208. The molecule has 1 saturated heterocycles. The number of nitrogens with one attached hydrogen (secondary N) is 2. The Morgan fingerprint density at radius 2 is 2.20 bits per heavy atom. The van der Waals surface area contributed by atoms with Crippen LogP contribution in [0.25, 0.3) is 0 Å². The third-order valence-electron chi connectivity index (χ3n) is 2.54. The smallest absolute Gasteiger partial charge is 0.255 e. The molecule has 0 aromatic carbocycles. The average Bonchev–Trinajstić information content (AvgIpc) is 2.15. The van der Waals surface area contributed by atoms with Gasteiger partial charge in [-0.25, -0.2) is 8.78 Å². The Labute approximate surface area is 94.4 Å². The molecule has 1 aliphatic heterocycles. The van der Waals surface area contributed by atoms with Crippen LogP contribution in [0.15, 0.2) is 0 Å². The lowest BCUT2D eigenvalue weighted by Gasteiger charge is -2.33. The van der Waals surface area contributed by atoms with Crippen molar-refractivity contribution in [2.24, 2.45) is 0 Å². The summed E-state index contributed by atoms with van der Waals surface area (Å²) in [4.78, 5) is 11.5. The lowest BCUT2D eigenvalue weighted by molar-refractivity contribution is -0.128. The minimum absolute atomic E-state index is 0. The largest absolute Gasteiger partial charge is 0.349 e. The van der Waals surface area contributed by atoms with Crippen molar-refractivity contribution in [3.05, 3.63) is 0 Å². The molecule has 0 aliphatic carbocycles. The predicted molar refractivity (Wildman–Crippen MR) is 56.5 cm³/mol. The summed E-state index contributed by atoms with van der Waals surface area (Å²) in [7, 11) is 0. The molecule has 0 bridgehead atoms. The van der Waals surface area contributed by atoms with Crippen LogP contribution in [0.2, 0.25) is 0 Å². The number of rotatable bonds is 3. The van der Waals surface area contributed by atoms with Crippen LogP contribution in [0.5, 0.6) is 0 Å². The van der Waals surface area contributed by atoms with E-state index in [9.17, 15) is 13.6 Å². The van der Waals surface area contributed by atoms with Gasteiger partial charge in [-0.15, -0.1) is 12.4 Å². The zero-order valence-corrected chi connectivity index (χ0v) is 9.50. The highest BCUT2D eigenvalue weighted by Gasteiger charge is 2.34. The SMILES string of the molecule is CC1(C(=O)NCC(F)F)CCCCN1.Cl. The van der Waals surface area contributed by atoms with Gasteiger partial charge in [0.05, 0.1) is 12.1 Å². The van der Waals surface area contributed by atoms with Crippen LogP contribution in [0.3, 0.4) is 0 Å². The topological polar surface area (TPSA) is 41.1 Å². The summed E-state index contributed by atoms with van der Waals surface area (Å²) in [5.41, 5.74) is -0.660. The molecule has 15 heavy (non-hydrogen) atoms. The number of carbonyl (C=O) groups is 1. The number of hydrogen-bond donors (Lipinski definition) is 2. The van der Waals surface area contributed by atoms with Crippen LogP contribution in [0.4, 0.5) is 8.78 Å². The molecule has 6 heteroatoms. The van der Waals surface area contributed by atoms with Gasteiger partial charge < -0.3 is 10.6 Å². The van der Waals surface area contributed by atoms with Crippen molar-refractivity contribution in [1.29, 1.82) is 0 Å². The summed E-state index contributed by atoms with van der Waals surface area (Å²) in [5, 5.41) is 5.30. The third-order valence-corrected chi connectivity index (χ3v) is 2.54. The van der Waals surface area contributed by atoms with E-state index < -0.39 is 18.5 Å². The molecule has 0 aromatic rings. The minimum atomic E-state index is -2.48. The summed E-state index contributed by atoms with van der Waals surface area (Å²) in [5.74, 6) is -0.322. The zero-order valence-electron chi connectivity index (χ0n) is 8.69. The monoisotopic (exact) mass is 242 g/mol. The first-order chi connectivity index (χ1) is 6.54. The van der Waals surface area contributed by atoms with Crippen LogP contribution in [-0.4, -0.2) is 31.0 Å². The molecule has 1 heterocycles. The first-order valence-corrected chi connectivity index (χ1v) is 4.86. The van der Waals surface area contributed by atoms with Gasteiger partial charge >= 0.3 is 0 Å². The molecule has 0 aromatic heterocycles. The van der Waals surface area contributed by atoms with Crippen LogP contribution < -0.4 is 10.6 Å². The highest BCUT2D eigenvalue weighted by Crippen LogP contribution is 2.18. The van der Waals surface area contributed by atoms with Crippen LogP contribution >= 0.6 is 12.4 Å². The van der Waals surface area contributed by atoms with E-state index in [-0.39, 0.29) is 18.3 Å². The number of piperidine rings is 1. The summed E-state index contributed by atoms with van der Waals surface area (Å²) in [6.45, 7) is 1.97. The van der Waals surface area contributed by atoms with Gasteiger partial charge in [0.15, 0.2) is 0 Å². The van der Waals surface area contributed by atoms with E-state index in [0.29, 0.717) is 6.42 Å². The van der Waals surface area contributed by atoms with E-state index in [2.05, 4.69) is 10.6 Å². The summed E-state index contributed by atoms with van der Waals surface area (Å²) < 4.78 is 23.7. The van der Waals surface area contributed by atoms with Gasteiger partial charge in [0.2, 0.25) is 5.91 Å². The molecule has 1 fully saturated rings. The van der Waals surface area contributed by atoms with Gasteiger partial charge in [-0.3, -0.25) is 4.79 Å². The standard InChI is InChI=1S/C9H16F2N2O.ClH/c1-9(4-2-3-5-13-9)8(14)12-6-7(10)11;/h7,13H,2-6H2,1H3,(H,12,14);1H. The summed E-state index contributed by atoms with van der Waals surface area (Å²) in [6, 6.07) is 0. The maximum absolute atomic E-state index is 11.9. The lowest BCUT2D eigenvalue weighted by Crippen LogP contribution is -2.57. The van der Waals surface area contributed by atoms with Crippen molar-refractivity contribution in [3.8, 4) is 0 Å². The van der Waals surface area contributed by atoms with Crippen molar-refractivity contribution < 1.29 is 13.6 Å². The Kier molecular flexibility index (Phi) is 6.05. The number of carbonyl (C=O) groups excluding carboxylic acids is 1. The van der Waals surface area contributed by atoms with Gasteiger partial charge in [0.25, 0.3) is 6.43 Å². The van der Waals surface area contributed by atoms with Crippen molar-refractivity contribution in [3.63, 3.8) is 0 Å². The van der Waals surface area contributed by atoms with E-state index in [4.69, 9.17) is 0 Å². The van der Waals surface area contributed by atoms with Crippen LogP contribution in [0, 0.1) is 0 Å². The Hall–Kier alpha value is -0.420. The molecule has 1 unspecified atom stereocenters. The van der Waals surface area contributed by atoms with Crippen molar-refractivity contribution >= 4 is 18.3 Å². The first-order valence-electron chi connectivity index (χ1n) is 4.86. The fourth-order valence-corrected chi connectivity index (χ4v) is 1.61. The number of hydrogen-bond acceptors (Lipinski definition) is 2. The summed E-state index contributed by atoms with van der Waals surface area (Å²) in [6.07, 6.45) is 0.233. The molecule has 1 amide bonds. The quantitative estimate of drug-likeness (QED) is 0.784. The Morgan fingerprint density at radius 3 is 2.67 bits per heavy atom. The highest BCUT2D eigenvalue weighted by molar-refractivity contribution is 5.86.